The zero-order chi connectivity index (χ0) is 21.1. The molecule has 0 radical (unpaired) electrons. The van der Waals surface area contributed by atoms with Crippen LogP contribution in [0.5, 0.6) is 0 Å². The van der Waals surface area contributed by atoms with Gasteiger partial charge in [0.05, 0.1) is 31.3 Å². The number of nitrogens with zero attached hydrogens (tertiary/aromatic N) is 4. The van der Waals surface area contributed by atoms with Crippen molar-refractivity contribution in [2.45, 2.75) is 25.0 Å². The minimum Gasteiger partial charge on any atom is -0.362 e. The number of ether oxygens (including phenoxy) is 1. The van der Waals surface area contributed by atoms with Gasteiger partial charge < -0.3 is 9.64 Å². The molecule has 2 aliphatic heterocycles. The van der Waals surface area contributed by atoms with E-state index in [4.69, 9.17) is 4.74 Å². The minimum atomic E-state index is -0.622. The summed E-state index contributed by atoms with van der Waals surface area (Å²) in [6.07, 6.45) is 1.67. The molecule has 30 heavy (non-hydrogen) atoms. The van der Waals surface area contributed by atoms with E-state index in [0.29, 0.717) is 12.2 Å². The monoisotopic (exact) mass is 406 g/mol. The quantitative estimate of drug-likeness (QED) is 0.762. The fraction of sp³-hybridized carbons (Fsp3) is 0.417. The first-order valence-electron chi connectivity index (χ1n) is 10.4. The molecule has 0 amide bonds. The Balaban J connectivity index is 1.57. The lowest BCUT2D eigenvalue weighted by molar-refractivity contribution is -0.0136. The van der Waals surface area contributed by atoms with Crippen molar-refractivity contribution in [1.82, 2.24) is 9.80 Å². The number of benzene rings is 2. The number of likely N-dealkylation sites (N-methyl/N-ethyl adjacent to an activating group) is 2. The summed E-state index contributed by atoms with van der Waals surface area (Å²) in [6.45, 7) is 4.03. The molecule has 0 aliphatic carbocycles. The topological polar surface area (TPSA) is 51.9 Å². The molecule has 6 heteroatoms. The molecule has 0 saturated carbocycles. The van der Waals surface area contributed by atoms with Gasteiger partial charge in [-0.15, -0.1) is 0 Å². The predicted molar refractivity (Wildman–Crippen MR) is 115 cm³/mol. The van der Waals surface area contributed by atoms with Crippen LogP contribution in [0.2, 0.25) is 0 Å². The smallest absolute Gasteiger partial charge is 0.123 e. The highest BCUT2D eigenvalue weighted by atomic mass is 19.1. The van der Waals surface area contributed by atoms with E-state index in [9.17, 15) is 9.65 Å². The Morgan fingerprint density at radius 3 is 2.80 bits per heavy atom. The van der Waals surface area contributed by atoms with Crippen LogP contribution in [-0.2, 0) is 16.9 Å². The predicted octanol–water partition coefficient (Wildman–Crippen LogP) is 3.53. The minimum absolute atomic E-state index is 0.258. The van der Waals surface area contributed by atoms with Crippen molar-refractivity contribution in [3.8, 4) is 6.07 Å². The van der Waals surface area contributed by atoms with E-state index in [0.717, 1.165) is 61.5 Å². The Labute approximate surface area is 177 Å². The second kappa shape index (κ2) is 8.55. The molecule has 0 saturated heterocycles. The maximum Gasteiger partial charge on any atom is 0.123 e. The van der Waals surface area contributed by atoms with E-state index < -0.39 is 5.60 Å². The van der Waals surface area contributed by atoms with E-state index in [2.05, 4.69) is 35.0 Å². The number of nitriles is 1. The fourth-order valence-corrected chi connectivity index (χ4v) is 4.42. The van der Waals surface area contributed by atoms with Gasteiger partial charge in [0.15, 0.2) is 0 Å². The number of halogens is 1. The van der Waals surface area contributed by atoms with E-state index in [1.807, 2.05) is 30.3 Å². The molecule has 0 N–H and O–H groups in total. The van der Waals surface area contributed by atoms with Crippen molar-refractivity contribution >= 4 is 5.84 Å². The Hall–Kier alpha value is -2.75. The molecule has 0 spiro atoms. The molecule has 1 atom stereocenters. The summed E-state index contributed by atoms with van der Waals surface area (Å²) in [6, 6.07) is 14.5. The second-order valence-corrected chi connectivity index (χ2v) is 8.17. The van der Waals surface area contributed by atoms with Crippen LogP contribution in [0.25, 0.3) is 0 Å². The van der Waals surface area contributed by atoms with Gasteiger partial charge in [-0.2, -0.15) is 5.26 Å². The molecule has 0 bridgehead atoms. The molecule has 0 aromatic heterocycles. The van der Waals surface area contributed by atoms with Crippen molar-refractivity contribution in [2.75, 3.05) is 40.3 Å². The number of rotatable bonds is 5. The van der Waals surface area contributed by atoms with Crippen LogP contribution in [0.3, 0.4) is 0 Å². The molecule has 2 heterocycles. The number of hydrogen-bond acceptors (Lipinski definition) is 5. The van der Waals surface area contributed by atoms with E-state index >= 15 is 0 Å². The molecule has 5 nitrogen and oxygen atoms in total. The summed E-state index contributed by atoms with van der Waals surface area (Å²) in [5, 5.41) is 9.24. The van der Waals surface area contributed by atoms with E-state index in [1.165, 1.54) is 12.1 Å². The summed E-state index contributed by atoms with van der Waals surface area (Å²) in [5.41, 5.74) is 3.06. The third-order valence-electron chi connectivity index (χ3n) is 6.10. The van der Waals surface area contributed by atoms with Gasteiger partial charge in [0.1, 0.15) is 17.3 Å². The molecular formula is C24H27FN4O. The summed E-state index contributed by atoms with van der Waals surface area (Å²) in [7, 11) is 4.20. The lowest BCUT2D eigenvalue weighted by atomic mass is 9.81. The summed E-state index contributed by atoms with van der Waals surface area (Å²) in [4.78, 5) is 9.17. The van der Waals surface area contributed by atoms with Crippen molar-refractivity contribution in [3.63, 3.8) is 0 Å². The standard InChI is InChI=1S/C24H27FN4O/c1-28-13-11-27-23(16-28)29(2)12-3-10-24(20-5-7-21(25)8-6-20)22-9-4-18(15-26)14-19(22)17-30-24/h4-9,14H,3,10-13,16-17H2,1-2H3. The highest BCUT2D eigenvalue weighted by Gasteiger charge is 2.41. The lowest BCUT2D eigenvalue weighted by Gasteiger charge is -2.33. The largest absolute Gasteiger partial charge is 0.362 e. The third kappa shape index (κ3) is 3.96. The van der Waals surface area contributed by atoms with Crippen LogP contribution < -0.4 is 0 Å². The van der Waals surface area contributed by atoms with Crippen LogP contribution in [0.1, 0.15) is 35.1 Å². The van der Waals surface area contributed by atoms with Crippen molar-refractivity contribution in [1.29, 1.82) is 5.26 Å². The van der Waals surface area contributed by atoms with Gasteiger partial charge in [-0.1, -0.05) is 18.2 Å². The number of amidine groups is 1. The average molecular weight is 407 g/mol. The van der Waals surface area contributed by atoms with Gasteiger partial charge in [0.25, 0.3) is 0 Å². The van der Waals surface area contributed by atoms with E-state index in [1.54, 1.807) is 0 Å². The van der Waals surface area contributed by atoms with Crippen LogP contribution in [0.15, 0.2) is 47.5 Å². The molecule has 0 fully saturated rings. The van der Waals surface area contributed by atoms with E-state index in [-0.39, 0.29) is 5.82 Å². The average Bonchev–Trinajstić information content (AvgIpc) is 3.13. The van der Waals surface area contributed by atoms with Gasteiger partial charge in [-0.25, -0.2) is 4.39 Å². The van der Waals surface area contributed by atoms with Crippen molar-refractivity contribution < 1.29 is 9.13 Å². The number of fused-ring (bicyclic) bond motifs is 1. The Kier molecular flexibility index (Phi) is 5.85. The van der Waals surface area contributed by atoms with Crippen molar-refractivity contribution in [2.24, 2.45) is 4.99 Å². The van der Waals surface area contributed by atoms with Crippen molar-refractivity contribution in [3.05, 3.63) is 70.5 Å². The number of hydrogen-bond donors (Lipinski definition) is 0. The summed E-state index contributed by atoms with van der Waals surface area (Å²) >= 11 is 0. The second-order valence-electron chi connectivity index (χ2n) is 8.17. The highest BCUT2D eigenvalue weighted by Crippen LogP contribution is 2.45. The SMILES string of the molecule is CN1CCN=C(N(C)CCCC2(c3ccc(F)cc3)OCc3cc(C#N)ccc32)C1. The Bertz CT molecular complexity index is 982. The fourth-order valence-electron chi connectivity index (χ4n) is 4.42. The van der Waals surface area contributed by atoms with Crippen LogP contribution >= 0.6 is 0 Å². The van der Waals surface area contributed by atoms with Crippen LogP contribution in [-0.4, -0.2) is 55.9 Å². The lowest BCUT2D eigenvalue weighted by Crippen LogP contribution is -2.42. The summed E-state index contributed by atoms with van der Waals surface area (Å²) in [5.74, 6) is 0.858. The maximum atomic E-state index is 13.6. The molecule has 2 aromatic rings. The number of aliphatic imine (C=N–C) groups is 1. The Morgan fingerprint density at radius 1 is 1.27 bits per heavy atom. The highest BCUT2D eigenvalue weighted by molar-refractivity contribution is 5.84. The normalized spacial score (nSPS) is 21.1. The summed E-state index contributed by atoms with van der Waals surface area (Å²) < 4.78 is 20.0. The molecule has 156 valence electrons. The molecule has 2 aliphatic rings. The first-order chi connectivity index (χ1) is 14.5. The van der Waals surface area contributed by atoms with Gasteiger partial charge in [0, 0.05) is 20.1 Å². The Morgan fingerprint density at radius 2 is 2.07 bits per heavy atom. The molecule has 2 aromatic carbocycles. The zero-order valence-corrected chi connectivity index (χ0v) is 17.6. The van der Waals surface area contributed by atoms with Gasteiger partial charge >= 0.3 is 0 Å². The van der Waals surface area contributed by atoms with Crippen LogP contribution in [0, 0.1) is 17.1 Å². The van der Waals surface area contributed by atoms with Gasteiger partial charge in [-0.05, 0) is 60.8 Å². The third-order valence-corrected chi connectivity index (χ3v) is 6.10. The van der Waals surface area contributed by atoms with Crippen LogP contribution in [0.4, 0.5) is 4.39 Å². The zero-order valence-electron chi connectivity index (χ0n) is 17.6. The molecule has 1 unspecified atom stereocenters. The first-order valence-corrected chi connectivity index (χ1v) is 10.4. The molecular weight excluding hydrogens is 379 g/mol. The maximum absolute atomic E-state index is 13.6. The van der Waals surface area contributed by atoms with Gasteiger partial charge in [0.2, 0.25) is 0 Å². The molecule has 4 rings (SSSR count). The first kappa shape index (κ1) is 20.5. The van der Waals surface area contributed by atoms with Gasteiger partial charge in [-0.3, -0.25) is 9.89 Å².